The lowest BCUT2D eigenvalue weighted by Crippen LogP contribution is -2.36. The number of hydrogen-bond donors (Lipinski definition) is 2. The minimum Gasteiger partial charge on any atom is -0.356 e. The van der Waals surface area contributed by atoms with Gasteiger partial charge in [-0.05, 0) is 32.1 Å². The van der Waals surface area contributed by atoms with Crippen LogP contribution >= 0.6 is 0 Å². The third kappa shape index (κ3) is 4.69. The van der Waals surface area contributed by atoms with Crippen molar-refractivity contribution in [2.45, 2.75) is 26.2 Å². The van der Waals surface area contributed by atoms with Crippen LogP contribution in [0.4, 0.5) is 5.82 Å². The standard InChI is InChI=1S/C12H21N5O2S/c1-10-8-12(15-9-14-10)17-6-3-11(4-7-17)2-5-16-20(13,18)19/h8-9,11,16H,2-7H2,1H3,(H2,13,18,19). The van der Waals surface area contributed by atoms with Gasteiger partial charge in [-0.25, -0.2) is 19.8 Å². The van der Waals surface area contributed by atoms with Gasteiger partial charge in [-0.2, -0.15) is 8.42 Å². The first-order valence-electron chi connectivity index (χ1n) is 6.75. The quantitative estimate of drug-likeness (QED) is 0.808. The highest BCUT2D eigenvalue weighted by molar-refractivity contribution is 7.87. The van der Waals surface area contributed by atoms with E-state index in [9.17, 15) is 8.42 Å². The minimum atomic E-state index is -3.56. The molecule has 0 amide bonds. The van der Waals surface area contributed by atoms with Crippen molar-refractivity contribution in [3.63, 3.8) is 0 Å². The molecule has 0 radical (unpaired) electrons. The van der Waals surface area contributed by atoms with Gasteiger partial charge in [-0.1, -0.05) is 0 Å². The molecule has 0 unspecified atom stereocenters. The Kier molecular flexibility index (Phi) is 4.90. The fourth-order valence-corrected chi connectivity index (χ4v) is 2.87. The second-order valence-electron chi connectivity index (χ2n) is 5.18. The van der Waals surface area contributed by atoms with Crippen molar-refractivity contribution in [1.82, 2.24) is 14.7 Å². The summed E-state index contributed by atoms with van der Waals surface area (Å²) in [7, 11) is -3.56. The summed E-state index contributed by atoms with van der Waals surface area (Å²) in [5.41, 5.74) is 0.967. The van der Waals surface area contributed by atoms with E-state index in [-0.39, 0.29) is 0 Å². The summed E-state index contributed by atoms with van der Waals surface area (Å²) in [5.74, 6) is 1.50. The smallest absolute Gasteiger partial charge is 0.274 e. The molecule has 1 fully saturated rings. The molecular formula is C12H21N5O2S. The van der Waals surface area contributed by atoms with Crippen LogP contribution in [0.1, 0.15) is 25.0 Å². The molecular weight excluding hydrogens is 278 g/mol. The van der Waals surface area contributed by atoms with Crippen LogP contribution in [0.2, 0.25) is 0 Å². The maximum atomic E-state index is 10.8. The van der Waals surface area contributed by atoms with E-state index in [1.54, 1.807) is 6.33 Å². The number of piperidine rings is 1. The number of aryl methyl sites for hydroxylation is 1. The molecule has 1 aliphatic rings. The fraction of sp³-hybridized carbons (Fsp3) is 0.667. The number of nitrogens with two attached hydrogens (primary N) is 1. The van der Waals surface area contributed by atoms with Crippen LogP contribution in [0.5, 0.6) is 0 Å². The monoisotopic (exact) mass is 299 g/mol. The Morgan fingerprint density at radius 3 is 2.70 bits per heavy atom. The molecule has 0 aromatic carbocycles. The molecule has 1 saturated heterocycles. The first kappa shape index (κ1) is 15.1. The SMILES string of the molecule is Cc1cc(N2CCC(CCNS(N)(=O)=O)CC2)ncn1. The van der Waals surface area contributed by atoms with Crippen LogP contribution in [0.25, 0.3) is 0 Å². The van der Waals surface area contributed by atoms with E-state index in [1.807, 2.05) is 13.0 Å². The molecule has 7 nitrogen and oxygen atoms in total. The van der Waals surface area contributed by atoms with Crippen LogP contribution in [-0.2, 0) is 10.2 Å². The number of anilines is 1. The fourth-order valence-electron chi connectivity index (χ4n) is 2.47. The van der Waals surface area contributed by atoms with Crippen LogP contribution in [0, 0.1) is 12.8 Å². The van der Waals surface area contributed by atoms with Gasteiger partial charge in [-0.3, -0.25) is 0 Å². The summed E-state index contributed by atoms with van der Waals surface area (Å²) in [6.45, 7) is 4.25. The first-order chi connectivity index (χ1) is 9.44. The number of nitrogens with one attached hydrogen (secondary N) is 1. The van der Waals surface area contributed by atoms with E-state index in [4.69, 9.17) is 5.14 Å². The molecule has 0 aliphatic carbocycles. The van der Waals surface area contributed by atoms with Crippen molar-refractivity contribution < 1.29 is 8.42 Å². The van der Waals surface area contributed by atoms with Gasteiger partial charge >= 0.3 is 0 Å². The Morgan fingerprint density at radius 2 is 2.10 bits per heavy atom. The predicted octanol–water partition coefficient (Wildman–Crippen LogP) is 0.185. The van der Waals surface area contributed by atoms with Gasteiger partial charge in [0.1, 0.15) is 12.1 Å². The van der Waals surface area contributed by atoms with Gasteiger partial charge in [0.25, 0.3) is 10.2 Å². The molecule has 1 aromatic heterocycles. The van der Waals surface area contributed by atoms with Crippen molar-refractivity contribution in [2.75, 3.05) is 24.5 Å². The first-order valence-corrected chi connectivity index (χ1v) is 8.29. The topological polar surface area (TPSA) is 101 Å². The lowest BCUT2D eigenvalue weighted by molar-refractivity contribution is 0.380. The van der Waals surface area contributed by atoms with Gasteiger partial charge in [-0.15, -0.1) is 0 Å². The second kappa shape index (κ2) is 6.47. The Labute approximate surface area is 119 Å². The highest BCUT2D eigenvalue weighted by Gasteiger charge is 2.20. The summed E-state index contributed by atoms with van der Waals surface area (Å²) >= 11 is 0. The van der Waals surface area contributed by atoms with Gasteiger partial charge in [0.2, 0.25) is 0 Å². The van der Waals surface area contributed by atoms with Gasteiger partial charge in [0.05, 0.1) is 0 Å². The third-order valence-corrected chi connectivity index (χ3v) is 4.19. The Hall–Kier alpha value is -1.25. The third-order valence-electron chi connectivity index (χ3n) is 3.58. The lowest BCUT2D eigenvalue weighted by atomic mass is 9.94. The van der Waals surface area contributed by atoms with Crippen LogP contribution in [0.3, 0.4) is 0 Å². The summed E-state index contributed by atoms with van der Waals surface area (Å²) in [5, 5.41) is 4.90. The van der Waals surface area contributed by atoms with Gasteiger partial charge in [0.15, 0.2) is 0 Å². The molecule has 8 heteroatoms. The van der Waals surface area contributed by atoms with E-state index < -0.39 is 10.2 Å². The van der Waals surface area contributed by atoms with E-state index >= 15 is 0 Å². The van der Waals surface area contributed by atoms with E-state index in [1.165, 1.54) is 0 Å². The summed E-state index contributed by atoms with van der Waals surface area (Å²) in [4.78, 5) is 10.6. The largest absolute Gasteiger partial charge is 0.356 e. The minimum absolute atomic E-state index is 0.413. The van der Waals surface area contributed by atoms with Crippen molar-refractivity contribution in [3.8, 4) is 0 Å². The van der Waals surface area contributed by atoms with Crippen molar-refractivity contribution in [1.29, 1.82) is 0 Å². The normalized spacial score (nSPS) is 17.4. The highest BCUT2D eigenvalue weighted by atomic mass is 32.2. The predicted molar refractivity (Wildman–Crippen MR) is 77.4 cm³/mol. The molecule has 0 atom stereocenters. The summed E-state index contributed by atoms with van der Waals surface area (Å²) in [6, 6.07) is 1.99. The van der Waals surface area contributed by atoms with Gasteiger partial charge < -0.3 is 4.90 Å². The van der Waals surface area contributed by atoms with E-state index in [0.29, 0.717) is 12.5 Å². The zero-order valence-electron chi connectivity index (χ0n) is 11.6. The van der Waals surface area contributed by atoms with E-state index in [0.717, 1.165) is 43.9 Å². The van der Waals surface area contributed by atoms with E-state index in [2.05, 4.69) is 19.6 Å². The van der Waals surface area contributed by atoms with Crippen LogP contribution in [0.15, 0.2) is 12.4 Å². The molecule has 3 N–H and O–H groups in total. The van der Waals surface area contributed by atoms with Crippen LogP contribution < -0.4 is 14.8 Å². The Balaban J connectivity index is 1.78. The average molecular weight is 299 g/mol. The maximum absolute atomic E-state index is 10.8. The molecule has 2 rings (SSSR count). The lowest BCUT2D eigenvalue weighted by Gasteiger charge is -2.32. The van der Waals surface area contributed by atoms with Crippen molar-refractivity contribution in [3.05, 3.63) is 18.1 Å². The molecule has 0 saturated carbocycles. The summed E-state index contributed by atoms with van der Waals surface area (Å²) < 4.78 is 23.9. The molecule has 1 aliphatic heterocycles. The average Bonchev–Trinajstić information content (AvgIpc) is 2.38. The number of aromatic nitrogens is 2. The van der Waals surface area contributed by atoms with Crippen LogP contribution in [-0.4, -0.2) is 38.0 Å². The molecule has 0 spiro atoms. The highest BCUT2D eigenvalue weighted by Crippen LogP contribution is 2.23. The number of nitrogens with zero attached hydrogens (tertiary/aromatic N) is 3. The second-order valence-corrected chi connectivity index (χ2v) is 6.55. The zero-order chi connectivity index (χ0) is 14.6. The zero-order valence-corrected chi connectivity index (χ0v) is 12.4. The van der Waals surface area contributed by atoms with Crippen molar-refractivity contribution >= 4 is 16.0 Å². The molecule has 0 bridgehead atoms. The Morgan fingerprint density at radius 1 is 1.40 bits per heavy atom. The molecule has 2 heterocycles. The number of hydrogen-bond acceptors (Lipinski definition) is 5. The van der Waals surface area contributed by atoms with Gasteiger partial charge in [0, 0.05) is 31.4 Å². The molecule has 112 valence electrons. The number of rotatable bonds is 5. The molecule has 1 aromatic rings. The summed E-state index contributed by atoms with van der Waals surface area (Å²) in [6.07, 6.45) is 4.49. The molecule has 20 heavy (non-hydrogen) atoms. The maximum Gasteiger partial charge on any atom is 0.274 e. The Bertz CT molecular complexity index is 541. The van der Waals surface area contributed by atoms with Crippen molar-refractivity contribution in [2.24, 2.45) is 11.1 Å².